The van der Waals surface area contributed by atoms with Crippen molar-refractivity contribution >= 4 is 17.2 Å². The van der Waals surface area contributed by atoms with E-state index in [0.717, 1.165) is 0 Å². The number of carbonyl (C=O) groups is 1. The van der Waals surface area contributed by atoms with Gasteiger partial charge in [-0.3, -0.25) is 4.79 Å². The first-order valence-corrected chi connectivity index (χ1v) is 7.17. The van der Waals surface area contributed by atoms with Crippen LogP contribution in [-0.2, 0) is 10.3 Å². The smallest absolute Gasteiger partial charge is 0.252 e. The molecule has 1 atom stereocenters. The zero-order valence-corrected chi connectivity index (χ0v) is 12.0. The summed E-state index contributed by atoms with van der Waals surface area (Å²) in [5, 5.41) is 17.1. The topological polar surface area (TPSA) is 58.6 Å². The van der Waals surface area contributed by atoms with Crippen LogP contribution in [0.1, 0.15) is 15.9 Å². The lowest BCUT2D eigenvalue weighted by Crippen LogP contribution is -2.43. The molecule has 2 aromatic rings. The molecule has 0 aliphatic rings. The number of methoxy groups -OCH3 is 1. The minimum atomic E-state index is -1.23. The molecule has 0 spiro atoms. The summed E-state index contributed by atoms with van der Waals surface area (Å²) in [5.74, 6) is -0.197. The molecule has 1 aromatic heterocycles. The van der Waals surface area contributed by atoms with E-state index in [1.54, 1.807) is 11.4 Å². The predicted octanol–water partition coefficient (Wildman–Crippen LogP) is 2.01. The number of amides is 1. The predicted molar refractivity (Wildman–Crippen MR) is 78.9 cm³/mol. The van der Waals surface area contributed by atoms with Crippen LogP contribution in [0.5, 0.6) is 0 Å². The van der Waals surface area contributed by atoms with Gasteiger partial charge in [0.2, 0.25) is 0 Å². The summed E-state index contributed by atoms with van der Waals surface area (Å²) in [6.07, 6.45) is 0. The molecule has 2 N–H and O–H groups in total. The van der Waals surface area contributed by atoms with Crippen molar-refractivity contribution in [1.82, 2.24) is 5.32 Å². The number of hydrogen-bond acceptors (Lipinski definition) is 4. The number of carbonyl (C=O) groups excluding carboxylic acids is 1. The van der Waals surface area contributed by atoms with Gasteiger partial charge >= 0.3 is 0 Å². The van der Waals surface area contributed by atoms with E-state index < -0.39 is 5.60 Å². The number of benzene rings is 1. The van der Waals surface area contributed by atoms with E-state index >= 15 is 0 Å². The first-order valence-electron chi connectivity index (χ1n) is 6.23. The normalized spacial score (nSPS) is 13.7. The van der Waals surface area contributed by atoms with Gasteiger partial charge in [0.15, 0.2) is 0 Å². The van der Waals surface area contributed by atoms with Crippen LogP contribution in [-0.4, -0.2) is 31.3 Å². The molecule has 0 radical (unpaired) electrons. The Hall–Kier alpha value is -1.69. The molecule has 0 aliphatic heterocycles. The molecule has 20 heavy (non-hydrogen) atoms. The van der Waals surface area contributed by atoms with Crippen LogP contribution < -0.4 is 5.32 Å². The molecule has 0 bridgehead atoms. The quantitative estimate of drug-likeness (QED) is 0.856. The summed E-state index contributed by atoms with van der Waals surface area (Å²) in [6.45, 7) is 0.209. The third-order valence-electron chi connectivity index (χ3n) is 3.02. The summed E-state index contributed by atoms with van der Waals surface area (Å²) in [6, 6.07) is 10.9. The van der Waals surface area contributed by atoms with Crippen molar-refractivity contribution in [2.75, 3.05) is 20.3 Å². The maximum atomic E-state index is 11.9. The SMILES string of the molecule is COC[C@@](O)(CNC(=O)c1ccsc1)c1ccccc1. The van der Waals surface area contributed by atoms with Crippen molar-refractivity contribution in [3.63, 3.8) is 0 Å². The molecule has 1 amide bonds. The van der Waals surface area contributed by atoms with Crippen molar-refractivity contribution in [2.24, 2.45) is 0 Å². The standard InChI is InChI=1S/C15H17NO3S/c1-19-11-15(18,13-5-3-2-4-6-13)10-16-14(17)12-7-8-20-9-12/h2-9,18H,10-11H2,1H3,(H,16,17)/t15-/m0/s1. The molecular formula is C15H17NO3S. The molecule has 0 unspecified atom stereocenters. The van der Waals surface area contributed by atoms with Crippen LogP contribution >= 0.6 is 11.3 Å². The van der Waals surface area contributed by atoms with E-state index in [0.29, 0.717) is 11.1 Å². The molecular weight excluding hydrogens is 274 g/mol. The summed E-state index contributed by atoms with van der Waals surface area (Å²) < 4.78 is 5.09. The summed E-state index contributed by atoms with van der Waals surface area (Å²) in [4.78, 5) is 11.9. The molecule has 0 saturated heterocycles. The summed E-state index contributed by atoms with van der Waals surface area (Å²) >= 11 is 1.46. The van der Waals surface area contributed by atoms with Crippen LogP contribution in [0.4, 0.5) is 0 Å². The Kier molecular flexibility index (Phi) is 4.89. The minimum Gasteiger partial charge on any atom is -0.381 e. The van der Waals surface area contributed by atoms with Crippen molar-refractivity contribution in [3.8, 4) is 0 Å². The number of ether oxygens (including phenoxy) is 1. The molecule has 1 heterocycles. The van der Waals surface area contributed by atoms with E-state index in [4.69, 9.17) is 4.74 Å². The maximum absolute atomic E-state index is 11.9. The van der Waals surface area contributed by atoms with E-state index in [2.05, 4.69) is 5.32 Å². The van der Waals surface area contributed by atoms with Crippen molar-refractivity contribution in [2.45, 2.75) is 5.60 Å². The second kappa shape index (κ2) is 6.65. The Morgan fingerprint density at radius 3 is 2.70 bits per heavy atom. The highest BCUT2D eigenvalue weighted by Gasteiger charge is 2.30. The summed E-state index contributed by atoms with van der Waals surface area (Å²) in [7, 11) is 1.52. The van der Waals surface area contributed by atoms with E-state index in [9.17, 15) is 9.90 Å². The maximum Gasteiger partial charge on any atom is 0.252 e. The number of rotatable bonds is 6. The Balaban J connectivity index is 2.08. The van der Waals surface area contributed by atoms with E-state index in [1.807, 2.05) is 35.7 Å². The van der Waals surface area contributed by atoms with Gasteiger partial charge in [-0.2, -0.15) is 11.3 Å². The Labute approximate surface area is 122 Å². The average Bonchev–Trinajstić information content (AvgIpc) is 3.00. The number of nitrogens with one attached hydrogen (secondary N) is 1. The third-order valence-corrected chi connectivity index (χ3v) is 3.70. The fourth-order valence-electron chi connectivity index (χ4n) is 1.95. The van der Waals surface area contributed by atoms with E-state index in [-0.39, 0.29) is 19.1 Å². The molecule has 106 valence electrons. The molecule has 2 rings (SSSR count). The molecule has 4 nitrogen and oxygen atoms in total. The Bertz CT molecular complexity index is 542. The largest absolute Gasteiger partial charge is 0.381 e. The molecule has 0 aliphatic carbocycles. The Morgan fingerprint density at radius 2 is 2.10 bits per heavy atom. The van der Waals surface area contributed by atoms with Gasteiger partial charge in [0, 0.05) is 18.1 Å². The number of hydrogen-bond donors (Lipinski definition) is 2. The number of thiophene rings is 1. The van der Waals surface area contributed by atoms with E-state index in [1.165, 1.54) is 18.4 Å². The molecule has 1 aromatic carbocycles. The van der Waals surface area contributed by atoms with Gasteiger partial charge in [-0.05, 0) is 17.0 Å². The number of aliphatic hydroxyl groups is 1. The van der Waals surface area contributed by atoms with Crippen LogP contribution in [0.3, 0.4) is 0 Å². The van der Waals surface area contributed by atoms with Gasteiger partial charge in [0.05, 0.1) is 13.2 Å². The van der Waals surface area contributed by atoms with Gasteiger partial charge < -0.3 is 15.2 Å². The van der Waals surface area contributed by atoms with Crippen LogP contribution in [0.15, 0.2) is 47.2 Å². The molecule has 0 saturated carbocycles. The lowest BCUT2D eigenvalue weighted by atomic mass is 9.94. The van der Waals surface area contributed by atoms with Crippen LogP contribution in [0.25, 0.3) is 0 Å². The first kappa shape index (κ1) is 14.7. The van der Waals surface area contributed by atoms with Gasteiger partial charge in [0.25, 0.3) is 5.91 Å². The van der Waals surface area contributed by atoms with Gasteiger partial charge in [0.1, 0.15) is 5.60 Å². The lowest BCUT2D eigenvalue weighted by Gasteiger charge is -2.28. The fraction of sp³-hybridized carbons (Fsp3) is 0.267. The zero-order chi connectivity index (χ0) is 14.4. The summed E-state index contributed by atoms with van der Waals surface area (Å²) in [5.41, 5.74) is 0.0807. The van der Waals surface area contributed by atoms with Crippen molar-refractivity contribution in [1.29, 1.82) is 0 Å². The fourth-order valence-corrected chi connectivity index (χ4v) is 2.58. The van der Waals surface area contributed by atoms with Gasteiger partial charge in [-0.15, -0.1) is 0 Å². The third kappa shape index (κ3) is 3.45. The Morgan fingerprint density at radius 1 is 1.35 bits per heavy atom. The van der Waals surface area contributed by atoms with Gasteiger partial charge in [-0.25, -0.2) is 0 Å². The lowest BCUT2D eigenvalue weighted by molar-refractivity contribution is -0.0334. The first-order chi connectivity index (χ1) is 9.65. The van der Waals surface area contributed by atoms with Crippen LogP contribution in [0.2, 0.25) is 0 Å². The van der Waals surface area contributed by atoms with Crippen LogP contribution in [0, 0.1) is 0 Å². The monoisotopic (exact) mass is 291 g/mol. The zero-order valence-electron chi connectivity index (χ0n) is 11.2. The molecule has 5 heteroatoms. The second-order valence-electron chi connectivity index (χ2n) is 4.53. The average molecular weight is 291 g/mol. The molecule has 0 fully saturated rings. The van der Waals surface area contributed by atoms with Crippen molar-refractivity contribution < 1.29 is 14.6 Å². The second-order valence-corrected chi connectivity index (χ2v) is 5.31. The van der Waals surface area contributed by atoms with Crippen molar-refractivity contribution in [3.05, 3.63) is 58.3 Å². The highest BCUT2D eigenvalue weighted by molar-refractivity contribution is 7.08. The highest BCUT2D eigenvalue weighted by Crippen LogP contribution is 2.20. The van der Waals surface area contributed by atoms with Gasteiger partial charge in [-0.1, -0.05) is 30.3 Å². The highest BCUT2D eigenvalue weighted by atomic mass is 32.1. The minimum absolute atomic E-state index is 0.0968.